The summed E-state index contributed by atoms with van der Waals surface area (Å²) >= 11 is 0. The monoisotopic (exact) mass is 354 g/mol. The molecule has 0 aliphatic carbocycles. The highest BCUT2D eigenvalue weighted by Crippen LogP contribution is 2.11. The molecule has 0 atom stereocenters. The first-order valence-corrected chi connectivity index (χ1v) is 9.92. The van der Waals surface area contributed by atoms with E-state index in [0.29, 0.717) is 12.5 Å². The fourth-order valence-corrected chi connectivity index (χ4v) is 2.96. The van der Waals surface area contributed by atoms with Gasteiger partial charge in [0.2, 0.25) is 10.0 Å². The van der Waals surface area contributed by atoms with Crippen LogP contribution >= 0.6 is 0 Å². The van der Waals surface area contributed by atoms with Gasteiger partial charge in [0.05, 0.1) is 11.4 Å². The molecule has 1 rings (SSSR count). The SMILES string of the molecule is CCNC(=NCc1cccc(S(=O)(=O)NC)c1)NCCCC(C)C. The Morgan fingerprint density at radius 1 is 1.25 bits per heavy atom. The van der Waals surface area contributed by atoms with Crippen molar-refractivity contribution in [3.8, 4) is 0 Å². The van der Waals surface area contributed by atoms with Gasteiger partial charge in [0.15, 0.2) is 5.96 Å². The summed E-state index contributed by atoms with van der Waals surface area (Å²) in [5.41, 5.74) is 0.853. The highest BCUT2D eigenvalue weighted by atomic mass is 32.2. The molecule has 0 unspecified atom stereocenters. The number of rotatable bonds is 9. The predicted octanol–water partition coefficient (Wildman–Crippen LogP) is 2.09. The van der Waals surface area contributed by atoms with Gasteiger partial charge in [-0.2, -0.15) is 0 Å². The highest BCUT2D eigenvalue weighted by Gasteiger charge is 2.11. The number of aliphatic imine (C=N–C) groups is 1. The van der Waals surface area contributed by atoms with Gasteiger partial charge in [0.25, 0.3) is 0 Å². The third-order valence-corrected chi connectivity index (χ3v) is 4.90. The van der Waals surface area contributed by atoms with E-state index in [0.717, 1.165) is 31.0 Å². The number of guanidine groups is 1. The molecular weight excluding hydrogens is 324 g/mol. The predicted molar refractivity (Wildman–Crippen MR) is 99.6 cm³/mol. The number of nitrogens with one attached hydrogen (secondary N) is 3. The van der Waals surface area contributed by atoms with Crippen molar-refractivity contribution in [1.29, 1.82) is 0 Å². The Morgan fingerprint density at radius 2 is 2.00 bits per heavy atom. The summed E-state index contributed by atoms with van der Waals surface area (Å²) in [7, 11) is -2.02. The van der Waals surface area contributed by atoms with Crippen molar-refractivity contribution in [3.05, 3.63) is 29.8 Å². The zero-order valence-corrected chi connectivity index (χ0v) is 15.9. The number of nitrogens with zero attached hydrogens (tertiary/aromatic N) is 1. The lowest BCUT2D eigenvalue weighted by Gasteiger charge is -2.12. The molecule has 0 aliphatic heterocycles. The molecule has 0 heterocycles. The van der Waals surface area contributed by atoms with E-state index in [1.807, 2.05) is 13.0 Å². The Bertz CT molecular complexity index is 627. The zero-order valence-electron chi connectivity index (χ0n) is 15.1. The molecule has 0 amide bonds. The fraction of sp³-hybridized carbons (Fsp3) is 0.588. The lowest BCUT2D eigenvalue weighted by Crippen LogP contribution is -2.37. The Labute approximate surface area is 146 Å². The average Bonchev–Trinajstić information content (AvgIpc) is 2.56. The van der Waals surface area contributed by atoms with Crippen LogP contribution in [0.1, 0.15) is 39.2 Å². The first kappa shape index (κ1) is 20.4. The van der Waals surface area contributed by atoms with Gasteiger partial charge in [-0.3, -0.25) is 0 Å². The number of hydrogen-bond donors (Lipinski definition) is 3. The lowest BCUT2D eigenvalue weighted by molar-refractivity contribution is 0.549. The van der Waals surface area contributed by atoms with Gasteiger partial charge in [0, 0.05) is 13.1 Å². The second-order valence-corrected chi connectivity index (χ2v) is 7.90. The molecule has 24 heavy (non-hydrogen) atoms. The van der Waals surface area contributed by atoms with E-state index in [1.165, 1.54) is 13.5 Å². The Balaban J connectivity index is 2.70. The molecule has 0 radical (unpaired) electrons. The Kier molecular flexibility index (Phi) is 8.78. The number of benzene rings is 1. The molecule has 6 nitrogen and oxygen atoms in total. The Morgan fingerprint density at radius 3 is 2.62 bits per heavy atom. The van der Waals surface area contributed by atoms with Crippen molar-refractivity contribution >= 4 is 16.0 Å². The molecule has 0 fully saturated rings. The van der Waals surface area contributed by atoms with Crippen LogP contribution in [0.15, 0.2) is 34.2 Å². The summed E-state index contributed by atoms with van der Waals surface area (Å²) in [6.07, 6.45) is 2.27. The molecule has 136 valence electrons. The van der Waals surface area contributed by atoms with Crippen LogP contribution in [-0.4, -0.2) is 34.5 Å². The van der Waals surface area contributed by atoms with Gasteiger partial charge in [-0.05, 0) is 50.4 Å². The van der Waals surface area contributed by atoms with E-state index < -0.39 is 10.0 Å². The van der Waals surface area contributed by atoms with Crippen molar-refractivity contribution in [3.63, 3.8) is 0 Å². The van der Waals surface area contributed by atoms with Gasteiger partial charge in [-0.15, -0.1) is 0 Å². The molecular formula is C17H30N4O2S. The molecule has 0 spiro atoms. The van der Waals surface area contributed by atoms with Crippen LogP contribution in [0.4, 0.5) is 0 Å². The first-order chi connectivity index (χ1) is 11.4. The molecule has 0 aliphatic rings. The maximum atomic E-state index is 11.9. The smallest absolute Gasteiger partial charge is 0.240 e. The van der Waals surface area contributed by atoms with Crippen molar-refractivity contribution in [1.82, 2.24) is 15.4 Å². The van der Waals surface area contributed by atoms with E-state index in [4.69, 9.17) is 0 Å². The van der Waals surface area contributed by atoms with Crippen LogP contribution in [0.5, 0.6) is 0 Å². The van der Waals surface area contributed by atoms with Crippen LogP contribution in [0.3, 0.4) is 0 Å². The molecule has 0 aromatic heterocycles. The summed E-state index contributed by atoms with van der Waals surface area (Å²) < 4.78 is 26.0. The van der Waals surface area contributed by atoms with Gasteiger partial charge in [-0.1, -0.05) is 26.0 Å². The molecule has 1 aromatic rings. The topological polar surface area (TPSA) is 82.6 Å². The molecule has 1 aromatic carbocycles. The third kappa shape index (κ3) is 7.31. The summed E-state index contributed by atoms with van der Waals surface area (Å²) in [4.78, 5) is 4.79. The van der Waals surface area contributed by atoms with Crippen molar-refractivity contribution in [2.45, 2.75) is 45.1 Å². The average molecular weight is 355 g/mol. The van der Waals surface area contributed by atoms with Crippen LogP contribution in [0.25, 0.3) is 0 Å². The van der Waals surface area contributed by atoms with E-state index in [9.17, 15) is 8.42 Å². The zero-order chi connectivity index (χ0) is 18.0. The highest BCUT2D eigenvalue weighted by molar-refractivity contribution is 7.89. The minimum Gasteiger partial charge on any atom is -0.357 e. The molecule has 3 N–H and O–H groups in total. The van der Waals surface area contributed by atoms with E-state index in [2.05, 4.69) is 34.2 Å². The maximum absolute atomic E-state index is 11.9. The van der Waals surface area contributed by atoms with E-state index in [-0.39, 0.29) is 4.90 Å². The van der Waals surface area contributed by atoms with Gasteiger partial charge in [-0.25, -0.2) is 18.1 Å². The van der Waals surface area contributed by atoms with E-state index >= 15 is 0 Å². The quantitative estimate of drug-likeness (QED) is 0.360. The largest absolute Gasteiger partial charge is 0.357 e. The van der Waals surface area contributed by atoms with Crippen LogP contribution in [0.2, 0.25) is 0 Å². The maximum Gasteiger partial charge on any atom is 0.240 e. The second-order valence-electron chi connectivity index (χ2n) is 6.01. The minimum atomic E-state index is -3.42. The van der Waals surface area contributed by atoms with Gasteiger partial charge >= 0.3 is 0 Å². The molecule has 7 heteroatoms. The van der Waals surface area contributed by atoms with Crippen LogP contribution < -0.4 is 15.4 Å². The summed E-state index contributed by atoms with van der Waals surface area (Å²) in [5, 5.41) is 6.52. The Hall–Kier alpha value is -1.60. The van der Waals surface area contributed by atoms with Crippen LogP contribution in [-0.2, 0) is 16.6 Å². The summed E-state index contributed by atoms with van der Waals surface area (Å²) in [6.45, 7) is 8.53. The fourth-order valence-electron chi connectivity index (χ4n) is 2.16. The molecule has 0 saturated heterocycles. The lowest BCUT2D eigenvalue weighted by atomic mass is 10.1. The van der Waals surface area contributed by atoms with Crippen molar-refractivity contribution in [2.75, 3.05) is 20.1 Å². The van der Waals surface area contributed by atoms with Gasteiger partial charge < -0.3 is 10.6 Å². The second kappa shape index (κ2) is 10.3. The van der Waals surface area contributed by atoms with E-state index in [1.54, 1.807) is 18.2 Å². The van der Waals surface area contributed by atoms with Crippen LogP contribution in [0, 0.1) is 5.92 Å². The molecule has 0 saturated carbocycles. The number of hydrogen-bond acceptors (Lipinski definition) is 3. The number of sulfonamides is 1. The summed E-state index contributed by atoms with van der Waals surface area (Å²) in [6, 6.07) is 6.84. The van der Waals surface area contributed by atoms with Crippen molar-refractivity contribution < 1.29 is 8.42 Å². The standard InChI is InChI=1S/C17H30N4O2S/c1-5-19-17(20-11-7-8-14(2)3)21-13-15-9-6-10-16(12-15)24(22,23)18-4/h6,9-10,12,14,18H,5,7-8,11,13H2,1-4H3,(H2,19,20,21). The first-order valence-electron chi connectivity index (χ1n) is 8.43. The third-order valence-electron chi connectivity index (χ3n) is 3.49. The summed E-state index contributed by atoms with van der Waals surface area (Å²) in [5.74, 6) is 1.45. The van der Waals surface area contributed by atoms with Crippen molar-refractivity contribution in [2.24, 2.45) is 10.9 Å². The van der Waals surface area contributed by atoms with Gasteiger partial charge in [0.1, 0.15) is 0 Å². The normalized spacial score (nSPS) is 12.5. The minimum absolute atomic E-state index is 0.257. The molecule has 0 bridgehead atoms.